The van der Waals surface area contributed by atoms with Crippen molar-refractivity contribution >= 4 is 17.6 Å². The molecule has 0 saturated carbocycles. The van der Waals surface area contributed by atoms with Gasteiger partial charge >= 0.3 is 6.03 Å². The van der Waals surface area contributed by atoms with E-state index in [9.17, 15) is 9.59 Å². The van der Waals surface area contributed by atoms with Gasteiger partial charge in [0.1, 0.15) is 0 Å². The molecule has 4 rings (SSSR count). The molecule has 1 atom stereocenters. The van der Waals surface area contributed by atoms with Gasteiger partial charge in [-0.3, -0.25) is 9.69 Å². The first kappa shape index (κ1) is 21.5. The molecule has 0 bridgehead atoms. The van der Waals surface area contributed by atoms with E-state index in [2.05, 4.69) is 20.4 Å². The normalized spacial score (nSPS) is 15.4. The Kier molecular flexibility index (Phi) is 6.18. The van der Waals surface area contributed by atoms with Gasteiger partial charge in [-0.05, 0) is 38.1 Å². The van der Waals surface area contributed by atoms with Crippen LogP contribution in [0.1, 0.15) is 34.8 Å². The van der Waals surface area contributed by atoms with Crippen molar-refractivity contribution in [2.45, 2.75) is 19.9 Å². The SMILES string of the molecule is Cc1ccc(-c2noc(C(C)N3CCN(C(=O)c4ccc(NC(N)=O)cc4)CC3)n2)cc1. The molecule has 1 aliphatic rings. The molecule has 3 amide bonds. The van der Waals surface area contributed by atoms with E-state index in [1.807, 2.05) is 43.0 Å². The Hall–Kier alpha value is -3.72. The van der Waals surface area contributed by atoms with Crippen molar-refractivity contribution in [2.75, 3.05) is 31.5 Å². The minimum absolute atomic E-state index is 0.0395. The van der Waals surface area contributed by atoms with E-state index in [1.54, 1.807) is 24.3 Å². The number of nitrogens with two attached hydrogens (primary N) is 1. The van der Waals surface area contributed by atoms with Crippen molar-refractivity contribution in [1.29, 1.82) is 0 Å². The molecule has 1 aliphatic heterocycles. The number of carbonyl (C=O) groups excluding carboxylic acids is 2. The molecule has 0 aliphatic carbocycles. The highest BCUT2D eigenvalue weighted by atomic mass is 16.5. The Labute approximate surface area is 186 Å². The van der Waals surface area contributed by atoms with Gasteiger partial charge in [-0.1, -0.05) is 35.0 Å². The maximum atomic E-state index is 12.8. The Morgan fingerprint density at radius 3 is 2.31 bits per heavy atom. The van der Waals surface area contributed by atoms with Crippen LogP contribution in [0, 0.1) is 6.92 Å². The monoisotopic (exact) mass is 434 g/mol. The van der Waals surface area contributed by atoms with E-state index in [4.69, 9.17) is 10.3 Å². The zero-order chi connectivity index (χ0) is 22.7. The minimum atomic E-state index is -0.637. The molecule has 3 aromatic rings. The van der Waals surface area contributed by atoms with Gasteiger partial charge in [0.05, 0.1) is 6.04 Å². The van der Waals surface area contributed by atoms with Gasteiger partial charge in [-0.15, -0.1) is 0 Å². The Morgan fingerprint density at radius 1 is 1.03 bits per heavy atom. The van der Waals surface area contributed by atoms with Crippen molar-refractivity contribution in [3.8, 4) is 11.4 Å². The van der Waals surface area contributed by atoms with Crippen LogP contribution in [0.4, 0.5) is 10.5 Å². The molecule has 0 radical (unpaired) electrons. The topological polar surface area (TPSA) is 118 Å². The lowest BCUT2D eigenvalue weighted by atomic mass is 10.1. The first-order chi connectivity index (χ1) is 15.4. The third-order valence-corrected chi connectivity index (χ3v) is 5.66. The molecule has 0 spiro atoms. The van der Waals surface area contributed by atoms with Crippen molar-refractivity contribution in [1.82, 2.24) is 19.9 Å². The van der Waals surface area contributed by atoms with Crippen LogP contribution in [0.3, 0.4) is 0 Å². The summed E-state index contributed by atoms with van der Waals surface area (Å²) in [7, 11) is 0. The van der Waals surface area contributed by atoms with Crippen LogP contribution >= 0.6 is 0 Å². The van der Waals surface area contributed by atoms with E-state index < -0.39 is 6.03 Å². The van der Waals surface area contributed by atoms with E-state index in [0.717, 1.165) is 5.56 Å². The average Bonchev–Trinajstić information content (AvgIpc) is 3.29. The molecule has 2 heterocycles. The van der Waals surface area contributed by atoms with E-state index in [1.165, 1.54) is 5.56 Å². The highest BCUT2D eigenvalue weighted by Crippen LogP contribution is 2.24. The summed E-state index contributed by atoms with van der Waals surface area (Å²) in [5.74, 6) is 1.11. The summed E-state index contributed by atoms with van der Waals surface area (Å²) in [6.45, 7) is 6.68. The smallest absolute Gasteiger partial charge is 0.316 e. The fourth-order valence-electron chi connectivity index (χ4n) is 3.71. The predicted molar refractivity (Wildman–Crippen MR) is 120 cm³/mol. The number of benzene rings is 2. The molecule has 9 nitrogen and oxygen atoms in total. The molecule has 1 fully saturated rings. The van der Waals surface area contributed by atoms with Crippen LogP contribution in [-0.2, 0) is 0 Å². The molecule has 3 N–H and O–H groups in total. The fourth-order valence-corrected chi connectivity index (χ4v) is 3.71. The molecule has 166 valence electrons. The average molecular weight is 435 g/mol. The standard InChI is InChI=1S/C23H26N6O3/c1-15-3-5-17(6-4-15)20-26-21(32-27-20)16(2)28-11-13-29(14-12-28)22(30)18-7-9-19(10-8-18)25-23(24)31/h3-10,16H,11-14H2,1-2H3,(H3,24,25,31). The highest BCUT2D eigenvalue weighted by Gasteiger charge is 2.28. The van der Waals surface area contributed by atoms with E-state index in [0.29, 0.717) is 49.1 Å². The predicted octanol–water partition coefficient (Wildman–Crippen LogP) is 3.05. The van der Waals surface area contributed by atoms with Gasteiger partial charge in [0.25, 0.3) is 5.91 Å². The second kappa shape index (κ2) is 9.19. The second-order valence-corrected chi connectivity index (χ2v) is 7.89. The zero-order valence-electron chi connectivity index (χ0n) is 18.1. The van der Waals surface area contributed by atoms with Crippen LogP contribution in [0.25, 0.3) is 11.4 Å². The summed E-state index contributed by atoms with van der Waals surface area (Å²) in [4.78, 5) is 32.4. The molecule has 32 heavy (non-hydrogen) atoms. The van der Waals surface area contributed by atoms with Gasteiger partial charge in [0, 0.05) is 43.0 Å². The van der Waals surface area contributed by atoms with Crippen LogP contribution in [0.15, 0.2) is 53.1 Å². The van der Waals surface area contributed by atoms with Crippen molar-refractivity contribution in [3.05, 3.63) is 65.5 Å². The minimum Gasteiger partial charge on any atom is -0.351 e. The van der Waals surface area contributed by atoms with Gasteiger partial charge in [-0.25, -0.2) is 4.79 Å². The number of amides is 3. The van der Waals surface area contributed by atoms with Crippen LogP contribution < -0.4 is 11.1 Å². The largest absolute Gasteiger partial charge is 0.351 e. The summed E-state index contributed by atoms with van der Waals surface area (Å²) in [5.41, 5.74) is 8.33. The number of hydrogen-bond donors (Lipinski definition) is 2. The number of piperazine rings is 1. The summed E-state index contributed by atoms with van der Waals surface area (Å²) < 4.78 is 5.52. The lowest BCUT2D eigenvalue weighted by Gasteiger charge is -2.36. The van der Waals surface area contributed by atoms with E-state index in [-0.39, 0.29) is 11.9 Å². The van der Waals surface area contributed by atoms with Gasteiger partial charge < -0.3 is 20.5 Å². The van der Waals surface area contributed by atoms with Gasteiger partial charge in [-0.2, -0.15) is 4.98 Å². The Balaban J connectivity index is 1.34. The third-order valence-electron chi connectivity index (χ3n) is 5.66. The number of aromatic nitrogens is 2. The molecule has 1 aromatic heterocycles. The molecule has 2 aromatic carbocycles. The number of rotatable bonds is 5. The number of nitrogens with one attached hydrogen (secondary N) is 1. The first-order valence-electron chi connectivity index (χ1n) is 10.5. The maximum Gasteiger partial charge on any atom is 0.316 e. The second-order valence-electron chi connectivity index (χ2n) is 7.89. The lowest BCUT2D eigenvalue weighted by Crippen LogP contribution is -2.49. The number of aryl methyl sites for hydroxylation is 1. The fraction of sp³-hybridized carbons (Fsp3) is 0.304. The third kappa shape index (κ3) is 4.78. The zero-order valence-corrected chi connectivity index (χ0v) is 18.1. The van der Waals surface area contributed by atoms with Crippen LogP contribution in [-0.4, -0.2) is 58.1 Å². The summed E-state index contributed by atoms with van der Waals surface area (Å²) in [6.07, 6.45) is 0. The number of primary amides is 1. The molecule has 9 heteroatoms. The number of carbonyl (C=O) groups is 2. The molecule has 1 saturated heterocycles. The quantitative estimate of drug-likeness (QED) is 0.637. The molecular formula is C23H26N6O3. The Bertz CT molecular complexity index is 1090. The van der Waals surface area contributed by atoms with E-state index >= 15 is 0 Å². The maximum absolute atomic E-state index is 12.8. The lowest BCUT2D eigenvalue weighted by molar-refractivity contribution is 0.0551. The highest BCUT2D eigenvalue weighted by molar-refractivity contribution is 5.95. The van der Waals surface area contributed by atoms with Crippen molar-refractivity contribution in [3.63, 3.8) is 0 Å². The van der Waals surface area contributed by atoms with Crippen LogP contribution in [0.2, 0.25) is 0 Å². The van der Waals surface area contributed by atoms with Crippen LogP contribution in [0.5, 0.6) is 0 Å². The first-order valence-corrected chi connectivity index (χ1v) is 10.5. The number of anilines is 1. The summed E-state index contributed by atoms with van der Waals surface area (Å²) in [6, 6.07) is 14.0. The molecule has 1 unspecified atom stereocenters. The Morgan fingerprint density at radius 2 is 1.69 bits per heavy atom. The van der Waals surface area contributed by atoms with Gasteiger partial charge in [0.2, 0.25) is 11.7 Å². The number of urea groups is 1. The number of hydrogen-bond acceptors (Lipinski definition) is 6. The van der Waals surface area contributed by atoms with Crippen molar-refractivity contribution < 1.29 is 14.1 Å². The van der Waals surface area contributed by atoms with Gasteiger partial charge in [0.15, 0.2) is 0 Å². The number of nitrogens with zero attached hydrogens (tertiary/aromatic N) is 4. The summed E-state index contributed by atoms with van der Waals surface area (Å²) >= 11 is 0. The molecular weight excluding hydrogens is 408 g/mol. The van der Waals surface area contributed by atoms with Crippen molar-refractivity contribution in [2.24, 2.45) is 5.73 Å². The summed E-state index contributed by atoms with van der Waals surface area (Å²) in [5, 5.41) is 6.61.